The average Bonchev–Trinajstić information content (AvgIpc) is 2.48. The highest BCUT2D eigenvalue weighted by Crippen LogP contribution is 2.34. The van der Waals surface area contributed by atoms with Gasteiger partial charge in [0.1, 0.15) is 0 Å². The van der Waals surface area contributed by atoms with Crippen LogP contribution in [0.2, 0.25) is 0 Å². The summed E-state index contributed by atoms with van der Waals surface area (Å²) in [6.45, 7) is 0. The van der Waals surface area contributed by atoms with Crippen LogP contribution in [0.15, 0.2) is 60.7 Å². The summed E-state index contributed by atoms with van der Waals surface area (Å²) < 4.78 is 73.5. The zero-order valence-corrected chi connectivity index (χ0v) is 11.7. The lowest BCUT2D eigenvalue weighted by atomic mass is 10.2. The first-order chi connectivity index (χ1) is 10.3. The fourth-order valence-electron chi connectivity index (χ4n) is 1.55. The van der Waals surface area contributed by atoms with Crippen molar-refractivity contribution in [1.29, 1.82) is 0 Å². The molecule has 8 heteroatoms. The lowest BCUT2D eigenvalue weighted by Gasteiger charge is -2.19. The van der Waals surface area contributed by atoms with Gasteiger partial charge in [0.2, 0.25) is 0 Å². The molecule has 2 aromatic rings. The van der Waals surface area contributed by atoms with Crippen molar-refractivity contribution >= 4 is 11.4 Å². The maximum absolute atomic E-state index is 13.6. The molecule has 0 atom stereocenters. The molecule has 2 aromatic carbocycles. The van der Waals surface area contributed by atoms with Crippen LogP contribution in [0.1, 0.15) is 11.1 Å². The Bertz CT molecular complexity index is 580. The van der Waals surface area contributed by atoms with Gasteiger partial charge in [0, 0.05) is 0 Å². The third kappa shape index (κ3) is 4.12. The summed E-state index contributed by atoms with van der Waals surface area (Å²) in [5.41, 5.74) is -1.26. The lowest BCUT2D eigenvalue weighted by Crippen LogP contribution is -2.26. The Balaban J connectivity index is 2.07. The fourth-order valence-corrected chi connectivity index (χ4v) is 2.12. The smallest absolute Gasteiger partial charge is 0.197 e. The van der Waals surface area contributed by atoms with Gasteiger partial charge in [-0.2, -0.15) is 30.1 Å². The molecule has 22 heavy (non-hydrogen) atoms. The Morgan fingerprint density at radius 1 is 0.682 bits per heavy atom. The quantitative estimate of drug-likeness (QED) is 0.746. The first-order valence-electron chi connectivity index (χ1n) is 5.99. The molecule has 0 aromatic heterocycles. The fraction of sp³-hybridized carbons (Fsp3) is 0.143. The first-order valence-corrected chi connectivity index (χ1v) is 6.99. The minimum atomic E-state index is -4.03. The molecule has 0 aliphatic rings. The van der Waals surface area contributed by atoms with E-state index in [-0.39, 0.29) is 0 Å². The summed E-state index contributed by atoms with van der Waals surface area (Å²) in [5.74, 6) is 0. The highest BCUT2D eigenvalue weighted by molar-refractivity contribution is 7.75. The van der Waals surface area contributed by atoms with E-state index in [0.29, 0.717) is 0 Å². The molecular formula is C14H10F4O3S. The minimum Gasteiger partial charge on any atom is -0.197 e. The van der Waals surface area contributed by atoms with Crippen molar-refractivity contribution in [2.75, 3.05) is 0 Å². The number of benzene rings is 2. The Labute approximate surface area is 126 Å². The molecule has 0 saturated heterocycles. The molecule has 0 aliphatic carbocycles. The zero-order valence-electron chi connectivity index (χ0n) is 10.9. The number of halogens is 4. The monoisotopic (exact) mass is 334 g/mol. The second-order valence-electron chi connectivity index (χ2n) is 4.14. The maximum atomic E-state index is 13.6. The second-order valence-corrected chi connectivity index (χ2v) is 4.88. The predicted octanol–water partition coefficient (Wildman–Crippen LogP) is 4.10. The van der Waals surface area contributed by atoms with Crippen LogP contribution in [-0.2, 0) is 31.9 Å². The summed E-state index contributed by atoms with van der Waals surface area (Å²) in [4.78, 5) is 0. The Kier molecular flexibility index (Phi) is 4.94. The van der Waals surface area contributed by atoms with E-state index in [2.05, 4.69) is 8.37 Å². The SMILES string of the molecule is O=S(OC(F)(F)c1ccccc1)OC(F)(F)c1ccccc1. The van der Waals surface area contributed by atoms with Crippen molar-refractivity contribution in [3.63, 3.8) is 0 Å². The van der Waals surface area contributed by atoms with Gasteiger partial charge in [-0.15, -0.1) is 0 Å². The van der Waals surface area contributed by atoms with Gasteiger partial charge in [0.15, 0.2) is 0 Å². The van der Waals surface area contributed by atoms with Crippen LogP contribution in [0.5, 0.6) is 0 Å². The molecule has 0 saturated carbocycles. The number of hydrogen-bond donors (Lipinski definition) is 0. The molecule has 0 bridgehead atoms. The number of hydrogen-bond acceptors (Lipinski definition) is 3. The molecule has 0 aliphatic heterocycles. The third-order valence-corrected chi connectivity index (χ3v) is 3.26. The normalized spacial score (nSPS) is 12.6. The van der Waals surface area contributed by atoms with E-state index in [0.717, 1.165) is 24.3 Å². The summed E-state index contributed by atoms with van der Waals surface area (Å²) in [6.07, 6.45) is -8.06. The van der Waals surface area contributed by atoms with Crippen LogP contribution in [0, 0.1) is 0 Å². The van der Waals surface area contributed by atoms with Gasteiger partial charge in [-0.05, 0) is 0 Å². The molecular weight excluding hydrogens is 324 g/mol. The van der Waals surface area contributed by atoms with E-state index in [4.69, 9.17) is 0 Å². The van der Waals surface area contributed by atoms with E-state index in [1.807, 2.05) is 0 Å². The maximum Gasteiger partial charge on any atom is 0.396 e. The lowest BCUT2D eigenvalue weighted by molar-refractivity contribution is -0.214. The van der Waals surface area contributed by atoms with Crippen LogP contribution in [0.3, 0.4) is 0 Å². The molecule has 118 valence electrons. The van der Waals surface area contributed by atoms with Crippen molar-refractivity contribution in [2.45, 2.75) is 12.2 Å². The molecule has 0 unspecified atom stereocenters. The van der Waals surface area contributed by atoms with Crippen molar-refractivity contribution in [2.24, 2.45) is 0 Å². The molecule has 0 heterocycles. The van der Waals surface area contributed by atoms with E-state index in [1.54, 1.807) is 0 Å². The highest BCUT2D eigenvalue weighted by Gasteiger charge is 2.41. The first kappa shape index (κ1) is 16.6. The summed E-state index contributed by atoms with van der Waals surface area (Å²) in [5, 5.41) is 0. The van der Waals surface area contributed by atoms with Gasteiger partial charge >= 0.3 is 23.6 Å². The van der Waals surface area contributed by atoms with E-state index < -0.39 is 34.7 Å². The molecule has 3 nitrogen and oxygen atoms in total. The van der Waals surface area contributed by atoms with Crippen molar-refractivity contribution < 1.29 is 30.1 Å². The van der Waals surface area contributed by atoms with E-state index in [1.165, 1.54) is 36.4 Å². The summed E-state index contributed by atoms with van der Waals surface area (Å²) in [6, 6.07) is 12.2. The highest BCUT2D eigenvalue weighted by atomic mass is 32.2. The number of alkyl halides is 4. The van der Waals surface area contributed by atoms with Gasteiger partial charge < -0.3 is 0 Å². The van der Waals surface area contributed by atoms with Gasteiger partial charge in [-0.3, -0.25) is 0 Å². The van der Waals surface area contributed by atoms with Crippen molar-refractivity contribution in [1.82, 2.24) is 0 Å². The van der Waals surface area contributed by atoms with E-state index >= 15 is 0 Å². The van der Waals surface area contributed by atoms with Gasteiger partial charge in [-0.25, -0.2) is 0 Å². The largest absolute Gasteiger partial charge is 0.396 e. The van der Waals surface area contributed by atoms with Gasteiger partial charge in [0.05, 0.1) is 11.1 Å². The van der Waals surface area contributed by atoms with Crippen molar-refractivity contribution in [3.8, 4) is 0 Å². The van der Waals surface area contributed by atoms with Crippen LogP contribution >= 0.6 is 0 Å². The van der Waals surface area contributed by atoms with Crippen LogP contribution < -0.4 is 0 Å². The molecule has 0 spiro atoms. The predicted molar refractivity (Wildman–Crippen MR) is 71.0 cm³/mol. The average molecular weight is 334 g/mol. The summed E-state index contributed by atoms with van der Waals surface area (Å²) in [7, 11) is 0. The summed E-state index contributed by atoms with van der Waals surface area (Å²) >= 11 is -3.36. The zero-order chi connectivity index (χ0) is 16.2. The molecule has 2 rings (SSSR count). The molecule has 0 radical (unpaired) electrons. The van der Waals surface area contributed by atoms with Crippen LogP contribution in [0.4, 0.5) is 17.6 Å². The standard InChI is InChI=1S/C14H10F4O3S/c15-13(16,11-7-3-1-4-8-11)20-22(19)21-14(17,18)12-9-5-2-6-10-12/h1-10H. The van der Waals surface area contributed by atoms with Crippen LogP contribution in [0.25, 0.3) is 0 Å². The Morgan fingerprint density at radius 3 is 1.32 bits per heavy atom. The molecule has 0 fully saturated rings. The van der Waals surface area contributed by atoms with Gasteiger partial charge in [-0.1, -0.05) is 60.7 Å². The van der Waals surface area contributed by atoms with Crippen LogP contribution in [-0.4, -0.2) is 4.21 Å². The molecule has 0 amide bonds. The molecule has 0 N–H and O–H groups in total. The Morgan fingerprint density at radius 2 is 1.00 bits per heavy atom. The third-order valence-electron chi connectivity index (χ3n) is 2.57. The topological polar surface area (TPSA) is 35.5 Å². The second kappa shape index (κ2) is 6.55. The van der Waals surface area contributed by atoms with Crippen molar-refractivity contribution in [3.05, 3.63) is 71.8 Å². The Hall–Kier alpha value is -1.77. The van der Waals surface area contributed by atoms with E-state index in [9.17, 15) is 21.8 Å². The van der Waals surface area contributed by atoms with Gasteiger partial charge in [0.25, 0.3) is 0 Å². The number of rotatable bonds is 6. The minimum absolute atomic E-state index is 0.630.